The van der Waals surface area contributed by atoms with Gasteiger partial charge in [-0.3, -0.25) is 0 Å². The van der Waals surface area contributed by atoms with Crippen LogP contribution in [0, 0.1) is 5.92 Å². The molecular weight excluding hydrogens is 332 g/mol. The first kappa shape index (κ1) is 16.3. The lowest BCUT2D eigenvalue weighted by atomic mass is 10.3. The highest BCUT2D eigenvalue weighted by atomic mass is 35.5. The standard InChI is InChI=1S/C17H19ClN2O2S/c1-11(19)2-6-14-9-20-17(23-14)22-16-7-5-13(8-15(16)18)21-10-12-3-4-12/h2,5-9,11-12H,3-4,10,19H2,1H3/t11-/m0/s1. The lowest BCUT2D eigenvalue weighted by Crippen LogP contribution is -2.09. The van der Waals surface area contributed by atoms with Gasteiger partial charge in [-0.2, -0.15) is 0 Å². The predicted octanol–water partition coefficient (Wildman–Crippen LogP) is 4.74. The molecule has 2 aromatic rings. The molecular formula is C17H19ClN2O2S. The van der Waals surface area contributed by atoms with Crippen molar-refractivity contribution in [3.8, 4) is 16.7 Å². The van der Waals surface area contributed by atoms with E-state index in [1.165, 1.54) is 24.2 Å². The van der Waals surface area contributed by atoms with Crippen molar-refractivity contribution in [1.82, 2.24) is 4.98 Å². The third kappa shape index (κ3) is 4.96. The third-order valence-electron chi connectivity index (χ3n) is 3.35. The van der Waals surface area contributed by atoms with Gasteiger partial charge in [0, 0.05) is 18.3 Å². The van der Waals surface area contributed by atoms with E-state index < -0.39 is 0 Å². The molecule has 122 valence electrons. The van der Waals surface area contributed by atoms with Crippen molar-refractivity contribution in [2.75, 3.05) is 6.61 Å². The van der Waals surface area contributed by atoms with Gasteiger partial charge in [0.25, 0.3) is 5.19 Å². The first-order valence-electron chi connectivity index (χ1n) is 7.60. The van der Waals surface area contributed by atoms with Crippen molar-refractivity contribution in [3.05, 3.63) is 40.4 Å². The molecule has 1 aliphatic rings. The Hall–Kier alpha value is -1.56. The first-order valence-corrected chi connectivity index (χ1v) is 8.79. The summed E-state index contributed by atoms with van der Waals surface area (Å²) in [6.45, 7) is 2.68. The largest absolute Gasteiger partial charge is 0.493 e. The second kappa shape index (κ2) is 7.34. The van der Waals surface area contributed by atoms with Gasteiger partial charge in [0.15, 0.2) is 0 Å². The number of nitrogens with two attached hydrogens (primary N) is 1. The number of hydrogen-bond acceptors (Lipinski definition) is 5. The molecule has 1 aromatic heterocycles. The lowest BCUT2D eigenvalue weighted by Gasteiger charge is -2.08. The van der Waals surface area contributed by atoms with E-state index in [0.717, 1.165) is 17.2 Å². The maximum atomic E-state index is 6.26. The minimum absolute atomic E-state index is 0.0131. The molecule has 1 saturated carbocycles. The van der Waals surface area contributed by atoms with E-state index in [1.54, 1.807) is 12.3 Å². The summed E-state index contributed by atoms with van der Waals surface area (Å²) in [7, 11) is 0. The number of aromatic nitrogens is 1. The molecule has 2 N–H and O–H groups in total. The van der Waals surface area contributed by atoms with Crippen molar-refractivity contribution in [1.29, 1.82) is 0 Å². The Bertz CT molecular complexity index is 696. The molecule has 4 nitrogen and oxygen atoms in total. The molecule has 0 spiro atoms. The van der Waals surface area contributed by atoms with Gasteiger partial charge in [0.2, 0.25) is 0 Å². The number of rotatable bonds is 7. The summed E-state index contributed by atoms with van der Waals surface area (Å²) < 4.78 is 11.4. The summed E-state index contributed by atoms with van der Waals surface area (Å²) in [5, 5.41) is 1.06. The Morgan fingerprint density at radius 1 is 1.48 bits per heavy atom. The summed E-state index contributed by atoms with van der Waals surface area (Å²) >= 11 is 7.70. The minimum Gasteiger partial charge on any atom is -0.493 e. The van der Waals surface area contributed by atoms with Crippen LogP contribution in [0.5, 0.6) is 16.7 Å². The second-order valence-corrected chi connectivity index (χ2v) is 7.13. The van der Waals surface area contributed by atoms with E-state index in [2.05, 4.69) is 4.98 Å². The molecule has 1 atom stereocenters. The fourth-order valence-corrected chi connectivity index (χ4v) is 2.79. The van der Waals surface area contributed by atoms with Gasteiger partial charge < -0.3 is 15.2 Å². The molecule has 1 aromatic carbocycles. The highest BCUT2D eigenvalue weighted by Crippen LogP contribution is 2.35. The number of nitrogens with zero attached hydrogens (tertiary/aromatic N) is 1. The van der Waals surface area contributed by atoms with Crippen molar-refractivity contribution in [2.45, 2.75) is 25.8 Å². The Kier molecular flexibility index (Phi) is 5.20. The van der Waals surface area contributed by atoms with Gasteiger partial charge in [-0.25, -0.2) is 4.98 Å². The van der Waals surface area contributed by atoms with Crippen LogP contribution in [-0.2, 0) is 0 Å². The summed E-state index contributed by atoms with van der Waals surface area (Å²) in [5.41, 5.74) is 5.69. The lowest BCUT2D eigenvalue weighted by molar-refractivity contribution is 0.299. The molecule has 0 saturated heterocycles. The number of halogens is 1. The van der Waals surface area contributed by atoms with E-state index in [9.17, 15) is 0 Å². The summed E-state index contributed by atoms with van der Waals surface area (Å²) in [6.07, 6.45) is 8.12. The number of ether oxygens (including phenoxy) is 2. The van der Waals surface area contributed by atoms with Crippen LogP contribution in [-0.4, -0.2) is 17.6 Å². The van der Waals surface area contributed by atoms with Crippen LogP contribution in [0.2, 0.25) is 5.02 Å². The van der Waals surface area contributed by atoms with Crippen LogP contribution in [0.25, 0.3) is 6.08 Å². The van der Waals surface area contributed by atoms with Crippen molar-refractivity contribution < 1.29 is 9.47 Å². The van der Waals surface area contributed by atoms with Crippen LogP contribution in [0.1, 0.15) is 24.6 Å². The van der Waals surface area contributed by atoms with E-state index >= 15 is 0 Å². The van der Waals surface area contributed by atoms with Gasteiger partial charge in [-0.05, 0) is 43.9 Å². The van der Waals surface area contributed by atoms with Crippen LogP contribution in [0.4, 0.5) is 0 Å². The monoisotopic (exact) mass is 350 g/mol. The molecule has 1 fully saturated rings. The van der Waals surface area contributed by atoms with Crippen molar-refractivity contribution >= 4 is 29.0 Å². The normalized spacial score (nSPS) is 15.8. The maximum absolute atomic E-state index is 6.26. The summed E-state index contributed by atoms with van der Waals surface area (Å²) in [6, 6.07) is 5.47. The molecule has 0 unspecified atom stereocenters. The fraction of sp³-hybridized carbons (Fsp3) is 0.353. The number of benzene rings is 1. The number of thiazole rings is 1. The Morgan fingerprint density at radius 2 is 2.30 bits per heavy atom. The fourth-order valence-electron chi connectivity index (χ4n) is 1.89. The van der Waals surface area contributed by atoms with Gasteiger partial charge >= 0.3 is 0 Å². The van der Waals surface area contributed by atoms with E-state index in [-0.39, 0.29) is 6.04 Å². The molecule has 3 rings (SSSR count). The topological polar surface area (TPSA) is 57.4 Å². The second-order valence-electron chi connectivity index (χ2n) is 5.70. The Morgan fingerprint density at radius 3 is 3.00 bits per heavy atom. The van der Waals surface area contributed by atoms with Gasteiger partial charge in [-0.15, -0.1) is 0 Å². The van der Waals surface area contributed by atoms with Gasteiger partial charge in [0.05, 0.1) is 16.5 Å². The van der Waals surface area contributed by atoms with Crippen molar-refractivity contribution in [2.24, 2.45) is 11.7 Å². The molecule has 1 heterocycles. The quantitative estimate of drug-likeness (QED) is 0.783. The predicted molar refractivity (Wildman–Crippen MR) is 94.5 cm³/mol. The van der Waals surface area contributed by atoms with Crippen molar-refractivity contribution in [3.63, 3.8) is 0 Å². The third-order valence-corrected chi connectivity index (χ3v) is 4.49. The first-order chi connectivity index (χ1) is 11.1. The van der Waals surface area contributed by atoms with Crippen LogP contribution < -0.4 is 15.2 Å². The van der Waals surface area contributed by atoms with E-state index in [0.29, 0.717) is 21.9 Å². The molecule has 0 bridgehead atoms. The molecule has 0 radical (unpaired) electrons. The zero-order chi connectivity index (χ0) is 16.2. The smallest absolute Gasteiger partial charge is 0.279 e. The molecule has 0 amide bonds. The minimum atomic E-state index is 0.0131. The van der Waals surface area contributed by atoms with Crippen LogP contribution >= 0.6 is 22.9 Å². The molecule has 6 heteroatoms. The zero-order valence-electron chi connectivity index (χ0n) is 12.9. The molecule has 23 heavy (non-hydrogen) atoms. The Balaban J connectivity index is 1.62. The highest BCUT2D eigenvalue weighted by Gasteiger charge is 2.22. The highest BCUT2D eigenvalue weighted by molar-refractivity contribution is 7.14. The summed E-state index contributed by atoms with van der Waals surface area (Å²) in [5.74, 6) is 2.05. The Labute approximate surface area is 144 Å². The zero-order valence-corrected chi connectivity index (χ0v) is 14.4. The van der Waals surface area contributed by atoms with Crippen LogP contribution in [0.3, 0.4) is 0 Å². The summed E-state index contributed by atoms with van der Waals surface area (Å²) in [4.78, 5) is 5.22. The average Bonchev–Trinajstić information content (AvgIpc) is 3.24. The molecule has 0 aliphatic heterocycles. The number of hydrogen-bond donors (Lipinski definition) is 1. The van der Waals surface area contributed by atoms with Crippen LogP contribution in [0.15, 0.2) is 30.5 Å². The van der Waals surface area contributed by atoms with E-state index in [4.69, 9.17) is 26.8 Å². The van der Waals surface area contributed by atoms with Gasteiger partial charge in [-0.1, -0.05) is 29.0 Å². The molecule has 1 aliphatic carbocycles. The maximum Gasteiger partial charge on any atom is 0.279 e. The SMILES string of the molecule is C[C@H](N)C=Cc1cnc(Oc2ccc(OCC3CC3)cc2Cl)s1. The van der Waals surface area contributed by atoms with E-state index in [1.807, 2.05) is 31.2 Å². The average molecular weight is 351 g/mol. The van der Waals surface area contributed by atoms with Gasteiger partial charge in [0.1, 0.15) is 11.5 Å².